The number of carbonyl (C=O) groups is 1. The zero-order valence-electron chi connectivity index (χ0n) is 14.4. The molecule has 7 heteroatoms. The van der Waals surface area contributed by atoms with Gasteiger partial charge in [0.2, 0.25) is 0 Å². The van der Waals surface area contributed by atoms with Gasteiger partial charge in [-0.1, -0.05) is 6.07 Å². The molecule has 0 saturated carbocycles. The number of dihydropyridines is 1. The Hall–Kier alpha value is -2.70. The maximum atomic E-state index is 12.7. The summed E-state index contributed by atoms with van der Waals surface area (Å²) in [5.41, 5.74) is 0.763. The molecular weight excluding hydrogens is 310 g/mol. The molecule has 0 aliphatic carbocycles. The van der Waals surface area contributed by atoms with Crippen LogP contribution in [0.3, 0.4) is 0 Å². The van der Waals surface area contributed by atoms with Crippen LogP contribution in [0.4, 0.5) is 0 Å². The Morgan fingerprint density at radius 2 is 1.96 bits per heavy atom. The van der Waals surface area contributed by atoms with Crippen LogP contribution in [0.2, 0.25) is 0 Å². The van der Waals surface area contributed by atoms with Crippen molar-refractivity contribution in [2.75, 3.05) is 0 Å². The van der Waals surface area contributed by atoms with E-state index in [9.17, 15) is 14.9 Å². The molecule has 2 heterocycles. The van der Waals surface area contributed by atoms with E-state index in [0.29, 0.717) is 17.1 Å². The van der Waals surface area contributed by atoms with Crippen LogP contribution in [0.1, 0.15) is 46.2 Å². The first-order valence-electron chi connectivity index (χ1n) is 7.59. The molecular formula is C17H21N3O4. The van der Waals surface area contributed by atoms with Gasteiger partial charge in [0, 0.05) is 11.9 Å². The van der Waals surface area contributed by atoms with E-state index in [1.807, 2.05) is 0 Å². The summed E-state index contributed by atoms with van der Waals surface area (Å²) in [6.45, 7) is 8.58. The molecule has 7 nitrogen and oxygen atoms in total. The number of nitro groups is 1. The van der Waals surface area contributed by atoms with Gasteiger partial charge in [0.1, 0.15) is 11.5 Å². The Morgan fingerprint density at radius 1 is 1.29 bits per heavy atom. The minimum absolute atomic E-state index is 0.0971. The molecule has 1 aromatic rings. The third-order valence-corrected chi connectivity index (χ3v) is 3.52. The van der Waals surface area contributed by atoms with Gasteiger partial charge in [0.15, 0.2) is 0 Å². The van der Waals surface area contributed by atoms with E-state index in [2.05, 4.69) is 10.3 Å². The molecule has 0 aromatic carbocycles. The van der Waals surface area contributed by atoms with Crippen LogP contribution in [0.5, 0.6) is 0 Å². The highest BCUT2D eigenvalue weighted by Crippen LogP contribution is 2.38. The zero-order valence-corrected chi connectivity index (χ0v) is 14.4. The van der Waals surface area contributed by atoms with Crippen LogP contribution < -0.4 is 5.32 Å². The number of allylic oxidation sites excluding steroid dienone is 3. The van der Waals surface area contributed by atoms with Crippen molar-refractivity contribution >= 4 is 5.97 Å². The van der Waals surface area contributed by atoms with E-state index in [4.69, 9.17) is 4.74 Å². The van der Waals surface area contributed by atoms with E-state index in [0.717, 1.165) is 0 Å². The SMILES string of the molecule is CC1=C(C(=O)OC(C)(C)C)C(c2ccccn2)C([N+](=O)[O-])=C(C)N1. The van der Waals surface area contributed by atoms with Crippen molar-refractivity contribution in [3.05, 3.63) is 62.9 Å². The lowest BCUT2D eigenvalue weighted by molar-refractivity contribution is -0.431. The second kappa shape index (κ2) is 6.43. The number of pyridine rings is 1. The first-order valence-corrected chi connectivity index (χ1v) is 7.59. The predicted molar refractivity (Wildman–Crippen MR) is 88.4 cm³/mol. The highest BCUT2D eigenvalue weighted by atomic mass is 16.6. The molecule has 1 N–H and O–H groups in total. The second-order valence-corrected chi connectivity index (χ2v) is 6.62. The number of hydrogen-bond acceptors (Lipinski definition) is 6. The summed E-state index contributed by atoms with van der Waals surface area (Å²) in [5.74, 6) is -1.47. The number of ether oxygens (including phenoxy) is 1. The van der Waals surface area contributed by atoms with Gasteiger partial charge in [-0.2, -0.15) is 0 Å². The lowest BCUT2D eigenvalue weighted by Crippen LogP contribution is -2.34. The van der Waals surface area contributed by atoms with Crippen LogP contribution in [-0.2, 0) is 9.53 Å². The Labute approximate surface area is 140 Å². The maximum Gasteiger partial charge on any atom is 0.337 e. The Balaban J connectivity index is 2.60. The molecule has 1 unspecified atom stereocenters. The maximum absolute atomic E-state index is 12.7. The number of nitrogens with zero attached hydrogens (tertiary/aromatic N) is 2. The fourth-order valence-corrected chi connectivity index (χ4v) is 2.66. The van der Waals surface area contributed by atoms with Crippen molar-refractivity contribution in [2.24, 2.45) is 0 Å². The van der Waals surface area contributed by atoms with Crippen LogP contribution in [-0.4, -0.2) is 21.5 Å². The molecule has 1 aromatic heterocycles. The fourth-order valence-electron chi connectivity index (χ4n) is 2.66. The lowest BCUT2D eigenvalue weighted by atomic mass is 9.86. The van der Waals surface area contributed by atoms with Gasteiger partial charge in [0.25, 0.3) is 5.70 Å². The summed E-state index contributed by atoms with van der Waals surface area (Å²) in [5, 5.41) is 14.5. The van der Waals surface area contributed by atoms with Crippen molar-refractivity contribution in [1.29, 1.82) is 0 Å². The summed E-state index contributed by atoms with van der Waals surface area (Å²) in [4.78, 5) is 28.1. The average molecular weight is 331 g/mol. The Kier molecular flexibility index (Phi) is 4.73. The molecule has 2 rings (SSSR count). The van der Waals surface area contributed by atoms with Gasteiger partial charge in [0.05, 0.1) is 21.9 Å². The lowest BCUT2D eigenvalue weighted by Gasteiger charge is -2.28. The summed E-state index contributed by atoms with van der Waals surface area (Å²) in [7, 11) is 0. The van der Waals surface area contributed by atoms with Crippen LogP contribution >= 0.6 is 0 Å². The number of carbonyl (C=O) groups excluding carboxylic acids is 1. The normalized spacial score (nSPS) is 18.3. The minimum Gasteiger partial charge on any atom is -0.457 e. The van der Waals surface area contributed by atoms with Crippen molar-refractivity contribution in [3.63, 3.8) is 0 Å². The smallest absolute Gasteiger partial charge is 0.337 e. The zero-order chi connectivity index (χ0) is 18.1. The molecule has 128 valence electrons. The molecule has 0 fully saturated rings. The monoisotopic (exact) mass is 331 g/mol. The molecule has 0 saturated heterocycles. The van der Waals surface area contributed by atoms with Gasteiger partial charge < -0.3 is 10.1 Å². The number of hydrogen-bond donors (Lipinski definition) is 1. The predicted octanol–water partition coefficient (Wildman–Crippen LogP) is 2.89. The van der Waals surface area contributed by atoms with Crippen LogP contribution in [0.15, 0.2) is 47.1 Å². The fraction of sp³-hybridized carbons (Fsp3) is 0.412. The van der Waals surface area contributed by atoms with Gasteiger partial charge in [-0.25, -0.2) is 4.79 Å². The highest BCUT2D eigenvalue weighted by molar-refractivity contribution is 5.92. The Morgan fingerprint density at radius 3 is 2.46 bits per heavy atom. The molecule has 1 aliphatic rings. The van der Waals surface area contributed by atoms with Crippen LogP contribution in [0.25, 0.3) is 0 Å². The number of rotatable bonds is 3. The van der Waals surface area contributed by atoms with Crippen molar-refractivity contribution in [2.45, 2.75) is 46.1 Å². The molecule has 0 bridgehead atoms. The first kappa shape index (κ1) is 17.7. The number of nitrogens with one attached hydrogen (secondary N) is 1. The van der Waals surface area contributed by atoms with E-state index in [1.165, 1.54) is 0 Å². The van der Waals surface area contributed by atoms with E-state index < -0.39 is 22.4 Å². The van der Waals surface area contributed by atoms with Gasteiger partial charge >= 0.3 is 5.97 Å². The standard InChI is InChI=1S/C17H21N3O4/c1-10-13(16(21)24-17(3,4)5)14(12-8-6-7-9-18-12)15(20(22)23)11(2)19-10/h6-9,14,19H,1-5H3. The minimum atomic E-state index is -0.877. The number of esters is 1. The molecule has 0 radical (unpaired) electrons. The Bertz CT molecular complexity index is 730. The van der Waals surface area contributed by atoms with Crippen molar-refractivity contribution in [1.82, 2.24) is 10.3 Å². The number of aromatic nitrogens is 1. The first-order chi connectivity index (χ1) is 11.1. The molecule has 0 spiro atoms. The van der Waals surface area contributed by atoms with Gasteiger partial charge in [-0.3, -0.25) is 15.1 Å². The molecule has 24 heavy (non-hydrogen) atoms. The highest BCUT2D eigenvalue weighted by Gasteiger charge is 2.42. The quantitative estimate of drug-likeness (QED) is 0.520. The van der Waals surface area contributed by atoms with E-state index in [-0.39, 0.29) is 11.3 Å². The van der Waals surface area contributed by atoms with E-state index >= 15 is 0 Å². The van der Waals surface area contributed by atoms with Gasteiger partial charge in [-0.05, 0) is 46.8 Å². The third kappa shape index (κ3) is 3.61. The molecule has 1 atom stereocenters. The summed E-state index contributed by atoms with van der Waals surface area (Å²) >= 11 is 0. The third-order valence-electron chi connectivity index (χ3n) is 3.52. The molecule has 1 aliphatic heterocycles. The van der Waals surface area contributed by atoms with Gasteiger partial charge in [-0.15, -0.1) is 0 Å². The van der Waals surface area contributed by atoms with E-state index in [1.54, 1.807) is 59.0 Å². The second-order valence-electron chi connectivity index (χ2n) is 6.62. The average Bonchev–Trinajstić information content (AvgIpc) is 2.44. The summed E-state index contributed by atoms with van der Waals surface area (Å²) in [6.07, 6.45) is 1.55. The van der Waals surface area contributed by atoms with Crippen molar-refractivity contribution < 1.29 is 14.5 Å². The topological polar surface area (TPSA) is 94.4 Å². The summed E-state index contributed by atoms with van der Waals surface area (Å²) in [6, 6.07) is 5.13. The largest absolute Gasteiger partial charge is 0.457 e. The molecule has 0 amide bonds. The van der Waals surface area contributed by atoms with Crippen molar-refractivity contribution in [3.8, 4) is 0 Å². The van der Waals surface area contributed by atoms with Crippen LogP contribution in [0, 0.1) is 10.1 Å². The summed E-state index contributed by atoms with van der Waals surface area (Å²) < 4.78 is 5.45.